The minimum atomic E-state index is -4.85. The number of alkyl halides is 3. The Morgan fingerprint density at radius 1 is 1.27 bits per heavy atom. The van der Waals surface area contributed by atoms with Gasteiger partial charge in [0.05, 0.1) is 14.6 Å². The molecule has 178 valence electrons. The number of likely N-dealkylation sites (tertiary alicyclic amines) is 2. The molecule has 1 aromatic carbocycles. The Labute approximate surface area is 188 Å². The van der Waals surface area contributed by atoms with Crippen LogP contribution in [0.5, 0.6) is 5.75 Å². The van der Waals surface area contributed by atoms with Gasteiger partial charge in [-0.2, -0.15) is 5.10 Å². The minimum absolute atomic E-state index is 0.0327. The van der Waals surface area contributed by atoms with E-state index in [1.54, 1.807) is 9.80 Å². The lowest BCUT2D eigenvalue weighted by atomic mass is 9.63. The summed E-state index contributed by atoms with van der Waals surface area (Å²) in [6.45, 7) is 2.31. The van der Waals surface area contributed by atoms with Crippen molar-refractivity contribution in [2.24, 2.45) is 5.41 Å². The third-order valence-electron chi connectivity index (χ3n) is 6.78. The molecule has 3 fully saturated rings. The Kier molecular flexibility index (Phi) is 5.07. The SMILES string of the molecule is N=S(=O)(c1cccc(OC(F)(F)F)c1)C1CC2(C1)CN(C(=O)N1CCC(c3ncn[nH]3)C1)C2. The Hall–Kier alpha value is -2.83. The van der Waals surface area contributed by atoms with Crippen LogP contribution >= 0.6 is 0 Å². The third kappa shape index (κ3) is 4.13. The van der Waals surface area contributed by atoms with Crippen LogP contribution in [0, 0.1) is 10.2 Å². The van der Waals surface area contributed by atoms with Gasteiger partial charge < -0.3 is 14.5 Å². The quantitative estimate of drug-likeness (QED) is 0.692. The molecule has 1 aromatic heterocycles. The van der Waals surface area contributed by atoms with Crippen LogP contribution in [-0.4, -0.2) is 73.0 Å². The number of aromatic amines is 1. The molecule has 2 N–H and O–H groups in total. The van der Waals surface area contributed by atoms with E-state index in [9.17, 15) is 22.2 Å². The Balaban J connectivity index is 1.15. The zero-order chi connectivity index (χ0) is 23.4. The third-order valence-corrected chi connectivity index (χ3v) is 9.01. The summed E-state index contributed by atoms with van der Waals surface area (Å²) in [6.07, 6.45) is -1.57. The van der Waals surface area contributed by atoms with Crippen molar-refractivity contribution in [2.75, 3.05) is 26.2 Å². The van der Waals surface area contributed by atoms with Crippen molar-refractivity contribution in [1.29, 1.82) is 4.78 Å². The van der Waals surface area contributed by atoms with Crippen molar-refractivity contribution >= 4 is 15.8 Å². The number of hydrogen-bond acceptors (Lipinski definition) is 6. The second-order valence-corrected chi connectivity index (χ2v) is 11.4. The molecular weight excluding hydrogens is 461 g/mol. The molecule has 33 heavy (non-hydrogen) atoms. The molecule has 2 unspecified atom stereocenters. The van der Waals surface area contributed by atoms with Gasteiger partial charge in [-0.1, -0.05) is 6.07 Å². The van der Waals surface area contributed by atoms with E-state index in [0.717, 1.165) is 24.4 Å². The molecule has 13 heteroatoms. The van der Waals surface area contributed by atoms with Crippen molar-refractivity contribution in [3.8, 4) is 5.75 Å². The number of carbonyl (C=O) groups is 1. The number of amides is 2. The summed E-state index contributed by atoms with van der Waals surface area (Å²) in [5, 5.41) is 6.25. The maximum Gasteiger partial charge on any atom is 0.573 e. The molecule has 1 aliphatic carbocycles. The first kappa shape index (κ1) is 22.0. The standard InChI is InChI=1S/C20H23F3N6O3S/c21-20(22,23)32-14-2-1-3-15(6-14)33(24,31)16-7-19(8-16)10-29(11-19)18(30)28-5-4-13(9-28)17-25-12-26-27-17/h1-3,6,12-13,16,24H,4-5,7-11H2,(H,25,26,27). The molecule has 1 saturated carbocycles. The lowest BCUT2D eigenvalue weighted by Crippen LogP contribution is -2.67. The predicted molar refractivity (Wildman–Crippen MR) is 110 cm³/mol. The Bertz CT molecular complexity index is 1140. The topological polar surface area (TPSA) is 115 Å². The average Bonchev–Trinajstić information content (AvgIpc) is 3.36. The number of aromatic nitrogens is 3. The molecule has 2 atom stereocenters. The number of rotatable bonds is 4. The molecule has 2 saturated heterocycles. The number of carbonyl (C=O) groups excluding carboxylic acids is 1. The largest absolute Gasteiger partial charge is 0.573 e. The van der Waals surface area contributed by atoms with Crippen molar-refractivity contribution in [1.82, 2.24) is 25.0 Å². The number of ether oxygens (including phenoxy) is 1. The Morgan fingerprint density at radius 3 is 2.70 bits per heavy atom. The highest BCUT2D eigenvalue weighted by Gasteiger charge is 2.57. The molecule has 3 aliphatic rings. The smallest absolute Gasteiger partial charge is 0.406 e. The minimum Gasteiger partial charge on any atom is -0.406 e. The van der Waals surface area contributed by atoms with E-state index >= 15 is 0 Å². The average molecular weight is 485 g/mol. The highest BCUT2D eigenvalue weighted by Crippen LogP contribution is 2.52. The zero-order valence-electron chi connectivity index (χ0n) is 17.5. The van der Waals surface area contributed by atoms with E-state index < -0.39 is 27.1 Å². The van der Waals surface area contributed by atoms with Crippen LogP contribution in [0.4, 0.5) is 18.0 Å². The van der Waals surface area contributed by atoms with Gasteiger partial charge >= 0.3 is 12.4 Å². The lowest BCUT2D eigenvalue weighted by molar-refractivity contribution is -0.274. The van der Waals surface area contributed by atoms with Gasteiger partial charge in [0.15, 0.2) is 0 Å². The van der Waals surface area contributed by atoms with E-state index in [0.29, 0.717) is 39.0 Å². The molecule has 5 rings (SSSR count). The lowest BCUT2D eigenvalue weighted by Gasteiger charge is -2.59. The summed E-state index contributed by atoms with van der Waals surface area (Å²) in [5.41, 5.74) is -0.159. The highest BCUT2D eigenvalue weighted by atomic mass is 32.2. The van der Waals surface area contributed by atoms with Gasteiger partial charge in [0, 0.05) is 42.8 Å². The summed E-state index contributed by atoms with van der Waals surface area (Å²) in [5.74, 6) is 0.440. The fourth-order valence-corrected chi connectivity index (χ4v) is 7.25. The predicted octanol–water partition coefficient (Wildman–Crippen LogP) is 3.18. The van der Waals surface area contributed by atoms with Crippen LogP contribution < -0.4 is 4.74 Å². The van der Waals surface area contributed by atoms with E-state index in [-0.39, 0.29) is 22.3 Å². The first-order valence-corrected chi connectivity index (χ1v) is 12.2. The van der Waals surface area contributed by atoms with Crippen molar-refractivity contribution in [2.45, 2.75) is 41.7 Å². The number of H-pyrrole nitrogens is 1. The van der Waals surface area contributed by atoms with E-state index in [2.05, 4.69) is 19.9 Å². The van der Waals surface area contributed by atoms with E-state index in [1.165, 1.54) is 18.5 Å². The van der Waals surface area contributed by atoms with Crippen molar-refractivity contribution in [3.63, 3.8) is 0 Å². The molecule has 9 nitrogen and oxygen atoms in total. The van der Waals surface area contributed by atoms with Crippen molar-refractivity contribution in [3.05, 3.63) is 36.4 Å². The molecular formula is C20H23F3N6O3S. The maximum absolute atomic E-state index is 13.1. The number of nitrogens with one attached hydrogen (secondary N) is 2. The molecule has 3 heterocycles. The van der Waals surface area contributed by atoms with Crippen LogP contribution in [-0.2, 0) is 9.73 Å². The molecule has 2 amide bonds. The first-order chi connectivity index (χ1) is 15.5. The summed E-state index contributed by atoms with van der Waals surface area (Å²) in [4.78, 5) is 20.6. The van der Waals surface area contributed by atoms with E-state index in [4.69, 9.17) is 4.78 Å². The van der Waals surface area contributed by atoms with Gasteiger partial charge in [0.25, 0.3) is 0 Å². The van der Waals surface area contributed by atoms with Crippen LogP contribution in [0.1, 0.15) is 31.0 Å². The van der Waals surface area contributed by atoms with Crippen LogP contribution in [0.2, 0.25) is 0 Å². The van der Waals surface area contributed by atoms with Crippen molar-refractivity contribution < 1.29 is 26.9 Å². The van der Waals surface area contributed by atoms with E-state index in [1.807, 2.05) is 0 Å². The number of nitrogens with zero attached hydrogens (tertiary/aromatic N) is 4. The molecule has 0 bridgehead atoms. The molecule has 2 aromatic rings. The second-order valence-electron chi connectivity index (χ2n) is 9.09. The van der Waals surface area contributed by atoms with Gasteiger partial charge in [0.1, 0.15) is 17.9 Å². The maximum atomic E-state index is 13.1. The van der Waals surface area contributed by atoms with Gasteiger partial charge in [-0.3, -0.25) is 5.10 Å². The van der Waals surface area contributed by atoms with Crippen LogP contribution in [0.25, 0.3) is 0 Å². The summed E-state index contributed by atoms with van der Waals surface area (Å²) in [7, 11) is -3.29. The molecule has 0 radical (unpaired) electrons. The first-order valence-electron chi connectivity index (χ1n) is 10.6. The number of benzene rings is 1. The Morgan fingerprint density at radius 2 is 2.03 bits per heavy atom. The second kappa shape index (κ2) is 7.61. The number of halogens is 3. The zero-order valence-corrected chi connectivity index (χ0v) is 18.4. The summed E-state index contributed by atoms with van der Waals surface area (Å²) >= 11 is 0. The van der Waals surface area contributed by atoms with Gasteiger partial charge in [-0.05, 0) is 37.5 Å². The van der Waals surface area contributed by atoms with Crippen LogP contribution in [0.15, 0.2) is 35.5 Å². The molecule has 1 spiro atoms. The van der Waals surface area contributed by atoms with Gasteiger partial charge in [-0.25, -0.2) is 18.8 Å². The summed E-state index contributed by atoms with van der Waals surface area (Å²) < 4.78 is 62.8. The van der Waals surface area contributed by atoms with Gasteiger partial charge in [-0.15, -0.1) is 13.2 Å². The number of urea groups is 1. The highest BCUT2D eigenvalue weighted by molar-refractivity contribution is 7.93. The summed E-state index contributed by atoms with van der Waals surface area (Å²) in [6, 6.07) is 4.83. The van der Waals surface area contributed by atoms with Gasteiger partial charge in [0.2, 0.25) is 0 Å². The number of hydrogen-bond donors (Lipinski definition) is 2. The monoisotopic (exact) mass is 484 g/mol. The van der Waals surface area contributed by atoms with Crippen LogP contribution in [0.3, 0.4) is 0 Å². The fraction of sp³-hybridized carbons (Fsp3) is 0.550. The fourth-order valence-electron chi connectivity index (χ4n) is 5.12. The molecule has 2 aliphatic heterocycles. The normalized spacial score (nSPS) is 24.3.